The maximum absolute atomic E-state index is 12.9. The zero-order chi connectivity index (χ0) is 22.7. The number of hydrogen-bond donors (Lipinski definition) is 0. The van der Waals surface area contributed by atoms with E-state index in [1.165, 1.54) is 11.3 Å². The third kappa shape index (κ3) is 5.91. The van der Waals surface area contributed by atoms with E-state index in [0.717, 1.165) is 69.7 Å². The van der Waals surface area contributed by atoms with Gasteiger partial charge in [0.2, 0.25) is 5.91 Å². The lowest BCUT2D eigenvalue weighted by atomic mass is 9.95. The highest BCUT2D eigenvalue weighted by molar-refractivity contribution is 7.91. The molecule has 1 amide bonds. The average molecular weight is 484 g/mol. The normalized spacial score (nSPS) is 27.0. The molecule has 4 heterocycles. The molecule has 0 N–H and O–H groups in total. The smallest absolute Gasteiger partial charge is 0.252 e. The van der Waals surface area contributed by atoms with Crippen LogP contribution in [0.5, 0.6) is 0 Å². The van der Waals surface area contributed by atoms with Crippen LogP contribution in [0.1, 0.15) is 50.8 Å². The highest BCUT2D eigenvalue weighted by Gasteiger charge is 2.30. The van der Waals surface area contributed by atoms with Gasteiger partial charge >= 0.3 is 0 Å². The Bertz CT molecular complexity index is 864. The summed E-state index contributed by atoms with van der Waals surface area (Å²) in [5.74, 6) is 0.736. The number of likely N-dealkylation sites (tertiary alicyclic amines) is 1. The van der Waals surface area contributed by atoms with Gasteiger partial charge in [0.25, 0.3) is 10.0 Å². The Morgan fingerprint density at radius 2 is 1.69 bits per heavy atom. The van der Waals surface area contributed by atoms with E-state index in [4.69, 9.17) is 4.74 Å². The van der Waals surface area contributed by atoms with Crippen LogP contribution in [0.2, 0.25) is 0 Å². The number of carbonyl (C=O) groups excluding carboxylic acids is 1. The molecule has 4 rings (SSSR count). The van der Waals surface area contributed by atoms with E-state index < -0.39 is 10.0 Å². The molecule has 0 aromatic carbocycles. The van der Waals surface area contributed by atoms with Crippen molar-refractivity contribution < 1.29 is 17.9 Å². The van der Waals surface area contributed by atoms with Crippen LogP contribution < -0.4 is 0 Å². The first-order valence-corrected chi connectivity index (χ1v) is 14.3. The first kappa shape index (κ1) is 24.1. The molecule has 2 atom stereocenters. The molecule has 0 radical (unpaired) electrons. The largest absolute Gasteiger partial charge is 0.373 e. The molecule has 0 saturated carbocycles. The van der Waals surface area contributed by atoms with Crippen molar-refractivity contribution in [2.45, 2.75) is 68.8 Å². The Morgan fingerprint density at radius 3 is 2.34 bits per heavy atom. The number of amides is 1. The lowest BCUT2D eigenvalue weighted by Crippen LogP contribution is -2.48. The van der Waals surface area contributed by atoms with Gasteiger partial charge in [0.1, 0.15) is 4.21 Å². The van der Waals surface area contributed by atoms with E-state index >= 15 is 0 Å². The molecule has 0 bridgehead atoms. The summed E-state index contributed by atoms with van der Waals surface area (Å²) in [7, 11) is -3.42. The van der Waals surface area contributed by atoms with E-state index in [1.54, 1.807) is 10.4 Å². The van der Waals surface area contributed by atoms with Crippen molar-refractivity contribution >= 4 is 27.3 Å². The number of rotatable bonds is 6. The maximum atomic E-state index is 12.9. The van der Waals surface area contributed by atoms with Gasteiger partial charge < -0.3 is 9.64 Å². The van der Waals surface area contributed by atoms with Gasteiger partial charge in [-0.05, 0) is 57.6 Å². The van der Waals surface area contributed by atoms with Crippen molar-refractivity contribution in [3.63, 3.8) is 0 Å². The summed E-state index contributed by atoms with van der Waals surface area (Å²) in [6.45, 7) is 10.1. The molecule has 0 aliphatic carbocycles. The Labute approximate surface area is 196 Å². The van der Waals surface area contributed by atoms with Crippen LogP contribution in [0, 0.1) is 5.92 Å². The molecular formula is C23H37N3O4S2. The van der Waals surface area contributed by atoms with Crippen LogP contribution in [-0.2, 0) is 26.0 Å². The van der Waals surface area contributed by atoms with Crippen LogP contribution in [-0.4, -0.2) is 86.5 Å². The van der Waals surface area contributed by atoms with E-state index in [2.05, 4.69) is 18.7 Å². The Morgan fingerprint density at radius 1 is 1.03 bits per heavy atom. The predicted molar refractivity (Wildman–Crippen MR) is 126 cm³/mol. The highest BCUT2D eigenvalue weighted by atomic mass is 32.2. The summed E-state index contributed by atoms with van der Waals surface area (Å²) in [4.78, 5) is 18.2. The summed E-state index contributed by atoms with van der Waals surface area (Å²) in [5.41, 5.74) is 0. The number of hydrogen-bond acceptors (Lipinski definition) is 6. The standard InChI is InChI=1S/C23H37N3O4S2/c1-18-15-24(16-19(2)30-18)17-20-8-12-25(13-9-20)22(27)14-21-6-7-23(31-21)32(28,29)26-10-4-3-5-11-26/h6-7,18-20H,3-5,8-17H2,1-2H3. The SMILES string of the molecule is CC1CN(CC2CCN(C(=O)Cc3ccc(S(=O)(=O)N4CCCCC4)s3)CC2)CC(C)O1. The van der Waals surface area contributed by atoms with Crippen molar-refractivity contribution in [2.24, 2.45) is 5.92 Å². The van der Waals surface area contributed by atoms with Crippen LogP contribution >= 0.6 is 11.3 Å². The zero-order valence-electron chi connectivity index (χ0n) is 19.4. The van der Waals surface area contributed by atoms with Crippen molar-refractivity contribution in [2.75, 3.05) is 45.8 Å². The molecule has 3 aliphatic heterocycles. The van der Waals surface area contributed by atoms with Crippen molar-refractivity contribution in [3.8, 4) is 0 Å². The fraction of sp³-hybridized carbons (Fsp3) is 0.783. The molecule has 32 heavy (non-hydrogen) atoms. The second-order valence-electron chi connectivity index (χ2n) is 9.66. The highest BCUT2D eigenvalue weighted by Crippen LogP contribution is 2.28. The third-order valence-electron chi connectivity index (χ3n) is 6.85. The van der Waals surface area contributed by atoms with E-state index in [0.29, 0.717) is 29.6 Å². The molecule has 1 aromatic heterocycles. The first-order valence-electron chi connectivity index (χ1n) is 12.1. The van der Waals surface area contributed by atoms with Gasteiger partial charge in [-0.1, -0.05) is 6.42 Å². The molecule has 7 nitrogen and oxygen atoms in total. The van der Waals surface area contributed by atoms with Crippen LogP contribution in [0.4, 0.5) is 0 Å². The number of nitrogens with zero attached hydrogens (tertiary/aromatic N) is 3. The molecule has 2 unspecified atom stereocenters. The van der Waals surface area contributed by atoms with E-state index in [9.17, 15) is 13.2 Å². The second kappa shape index (κ2) is 10.5. The van der Waals surface area contributed by atoms with Gasteiger partial charge in [0.15, 0.2) is 0 Å². The second-order valence-corrected chi connectivity index (χ2v) is 13.0. The number of piperidine rings is 2. The van der Waals surface area contributed by atoms with Gasteiger partial charge in [0.05, 0.1) is 18.6 Å². The van der Waals surface area contributed by atoms with Gasteiger partial charge in [-0.25, -0.2) is 8.42 Å². The Hall–Kier alpha value is -1.00. The molecule has 3 fully saturated rings. The molecule has 3 saturated heterocycles. The first-order chi connectivity index (χ1) is 15.3. The Balaban J connectivity index is 1.26. The fourth-order valence-corrected chi connectivity index (χ4v) is 8.27. The maximum Gasteiger partial charge on any atom is 0.252 e. The fourth-order valence-electron chi connectivity index (χ4n) is 5.25. The van der Waals surface area contributed by atoms with Crippen LogP contribution in [0.3, 0.4) is 0 Å². The van der Waals surface area contributed by atoms with Gasteiger partial charge in [-0.2, -0.15) is 4.31 Å². The lowest BCUT2D eigenvalue weighted by molar-refractivity contribution is -0.132. The average Bonchev–Trinajstić information content (AvgIpc) is 3.23. The quantitative estimate of drug-likeness (QED) is 0.622. The third-order valence-corrected chi connectivity index (χ3v) is 10.3. The molecule has 1 aromatic rings. The number of sulfonamides is 1. The summed E-state index contributed by atoms with van der Waals surface area (Å²) in [6, 6.07) is 3.49. The molecule has 180 valence electrons. The molecule has 0 spiro atoms. The van der Waals surface area contributed by atoms with Crippen molar-refractivity contribution in [1.82, 2.24) is 14.1 Å². The minimum absolute atomic E-state index is 0.112. The minimum Gasteiger partial charge on any atom is -0.373 e. The summed E-state index contributed by atoms with van der Waals surface area (Å²) in [6.07, 6.45) is 5.88. The molecular weight excluding hydrogens is 446 g/mol. The summed E-state index contributed by atoms with van der Waals surface area (Å²) in [5, 5.41) is 0. The van der Waals surface area contributed by atoms with Crippen molar-refractivity contribution in [1.29, 1.82) is 0 Å². The molecule has 3 aliphatic rings. The van der Waals surface area contributed by atoms with Crippen LogP contribution in [0.15, 0.2) is 16.3 Å². The number of thiophene rings is 1. The number of morpholine rings is 1. The zero-order valence-corrected chi connectivity index (χ0v) is 21.0. The molecule has 9 heteroatoms. The monoisotopic (exact) mass is 483 g/mol. The predicted octanol–water partition coefficient (Wildman–Crippen LogP) is 2.81. The van der Waals surface area contributed by atoms with Gasteiger partial charge in [-0.15, -0.1) is 11.3 Å². The van der Waals surface area contributed by atoms with E-state index in [-0.39, 0.29) is 18.1 Å². The minimum atomic E-state index is -3.42. The summed E-state index contributed by atoms with van der Waals surface area (Å²) < 4.78 is 33.5. The Kier molecular flexibility index (Phi) is 7.93. The van der Waals surface area contributed by atoms with Gasteiger partial charge in [-0.3, -0.25) is 9.69 Å². The number of ether oxygens (including phenoxy) is 1. The van der Waals surface area contributed by atoms with E-state index in [1.807, 2.05) is 11.0 Å². The topological polar surface area (TPSA) is 70.2 Å². The number of carbonyl (C=O) groups is 1. The van der Waals surface area contributed by atoms with Crippen molar-refractivity contribution in [3.05, 3.63) is 17.0 Å². The lowest BCUT2D eigenvalue weighted by Gasteiger charge is -2.39. The van der Waals surface area contributed by atoms with Gasteiger partial charge in [0, 0.05) is 50.7 Å². The van der Waals surface area contributed by atoms with Crippen LogP contribution in [0.25, 0.3) is 0 Å². The summed E-state index contributed by atoms with van der Waals surface area (Å²) >= 11 is 1.25.